The van der Waals surface area contributed by atoms with Crippen LogP contribution in [-0.2, 0) is 10.2 Å². The standard InChI is InChI=1S/C23H24N2O4/c1-23(2,3)16-9-11-17(12-10-16)24-21(26)15-29-19-7-4-6-18(14-19)25-22(27)20-8-5-13-28-20/h4-14H,15H2,1-3H3,(H,24,26)(H,25,27). The Morgan fingerprint density at radius 1 is 0.931 bits per heavy atom. The number of anilines is 2. The van der Waals surface area contributed by atoms with Crippen LogP contribution >= 0.6 is 0 Å². The fourth-order valence-corrected chi connectivity index (χ4v) is 2.66. The van der Waals surface area contributed by atoms with Crippen molar-refractivity contribution in [1.29, 1.82) is 0 Å². The van der Waals surface area contributed by atoms with E-state index in [4.69, 9.17) is 9.15 Å². The van der Waals surface area contributed by atoms with Crippen molar-refractivity contribution in [2.24, 2.45) is 0 Å². The number of carbonyl (C=O) groups excluding carboxylic acids is 2. The molecule has 1 aromatic heterocycles. The lowest BCUT2D eigenvalue weighted by atomic mass is 9.87. The molecule has 0 radical (unpaired) electrons. The van der Waals surface area contributed by atoms with Crippen molar-refractivity contribution in [3.8, 4) is 5.75 Å². The third-order valence-electron chi connectivity index (χ3n) is 4.24. The largest absolute Gasteiger partial charge is 0.484 e. The van der Waals surface area contributed by atoms with Crippen molar-refractivity contribution in [3.63, 3.8) is 0 Å². The molecule has 6 heteroatoms. The van der Waals surface area contributed by atoms with E-state index in [-0.39, 0.29) is 29.6 Å². The fraction of sp³-hybridized carbons (Fsp3) is 0.217. The van der Waals surface area contributed by atoms with Gasteiger partial charge in [0.25, 0.3) is 11.8 Å². The Morgan fingerprint density at radius 3 is 2.34 bits per heavy atom. The Labute approximate surface area is 169 Å². The second kappa shape index (κ2) is 8.65. The number of rotatable bonds is 6. The Balaban J connectivity index is 1.53. The second-order valence-electron chi connectivity index (χ2n) is 7.62. The molecule has 0 aliphatic carbocycles. The highest BCUT2D eigenvalue weighted by molar-refractivity contribution is 6.02. The van der Waals surface area contributed by atoms with E-state index in [0.717, 1.165) is 0 Å². The predicted molar refractivity (Wildman–Crippen MR) is 112 cm³/mol. The lowest BCUT2D eigenvalue weighted by molar-refractivity contribution is -0.118. The average molecular weight is 392 g/mol. The van der Waals surface area contributed by atoms with Gasteiger partial charge in [-0.2, -0.15) is 0 Å². The quantitative estimate of drug-likeness (QED) is 0.629. The van der Waals surface area contributed by atoms with Gasteiger partial charge in [0.05, 0.1) is 6.26 Å². The molecular weight excluding hydrogens is 368 g/mol. The van der Waals surface area contributed by atoms with Gasteiger partial charge in [0, 0.05) is 17.4 Å². The number of amides is 2. The van der Waals surface area contributed by atoms with E-state index in [1.807, 2.05) is 24.3 Å². The lowest BCUT2D eigenvalue weighted by Gasteiger charge is -2.19. The van der Waals surface area contributed by atoms with Crippen LogP contribution in [0.5, 0.6) is 5.75 Å². The summed E-state index contributed by atoms with van der Waals surface area (Å²) < 4.78 is 10.6. The molecule has 0 atom stereocenters. The predicted octanol–water partition coefficient (Wildman–Crippen LogP) is 4.85. The fourth-order valence-electron chi connectivity index (χ4n) is 2.66. The Bertz CT molecular complexity index is 971. The first-order chi connectivity index (χ1) is 13.8. The molecule has 2 aromatic carbocycles. The third kappa shape index (κ3) is 5.72. The summed E-state index contributed by atoms with van der Waals surface area (Å²) in [6, 6.07) is 17.8. The number of hydrogen-bond donors (Lipinski definition) is 2. The monoisotopic (exact) mass is 392 g/mol. The summed E-state index contributed by atoms with van der Waals surface area (Å²) in [4.78, 5) is 24.2. The van der Waals surface area contributed by atoms with Gasteiger partial charge >= 0.3 is 0 Å². The van der Waals surface area contributed by atoms with E-state index >= 15 is 0 Å². The smallest absolute Gasteiger partial charge is 0.291 e. The van der Waals surface area contributed by atoms with Crippen LogP contribution in [0.2, 0.25) is 0 Å². The molecule has 0 spiro atoms. The van der Waals surface area contributed by atoms with Crippen LogP contribution < -0.4 is 15.4 Å². The highest BCUT2D eigenvalue weighted by Crippen LogP contribution is 2.23. The van der Waals surface area contributed by atoms with Gasteiger partial charge < -0.3 is 19.8 Å². The topological polar surface area (TPSA) is 80.6 Å². The van der Waals surface area contributed by atoms with Gasteiger partial charge in [-0.15, -0.1) is 0 Å². The molecule has 0 fully saturated rings. The molecular formula is C23H24N2O4. The van der Waals surface area contributed by atoms with Crippen molar-refractivity contribution < 1.29 is 18.7 Å². The number of benzene rings is 2. The number of carbonyl (C=O) groups is 2. The second-order valence-corrected chi connectivity index (χ2v) is 7.62. The van der Waals surface area contributed by atoms with Crippen molar-refractivity contribution in [2.45, 2.75) is 26.2 Å². The molecule has 3 rings (SSSR count). The van der Waals surface area contributed by atoms with E-state index in [2.05, 4.69) is 31.4 Å². The molecule has 3 aromatic rings. The molecule has 0 aliphatic rings. The molecule has 0 bridgehead atoms. The summed E-state index contributed by atoms with van der Waals surface area (Å²) in [5, 5.41) is 5.53. The molecule has 1 heterocycles. The normalized spacial score (nSPS) is 11.0. The average Bonchev–Trinajstić information content (AvgIpc) is 3.21. The van der Waals surface area contributed by atoms with E-state index in [9.17, 15) is 9.59 Å². The summed E-state index contributed by atoms with van der Waals surface area (Å²) >= 11 is 0. The van der Waals surface area contributed by atoms with Crippen LogP contribution in [0.4, 0.5) is 11.4 Å². The third-order valence-corrected chi connectivity index (χ3v) is 4.24. The van der Waals surface area contributed by atoms with Crippen LogP contribution in [0.3, 0.4) is 0 Å². The first kappa shape index (κ1) is 20.2. The first-order valence-electron chi connectivity index (χ1n) is 9.29. The minimum atomic E-state index is -0.358. The Morgan fingerprint density at radius 2 is 1.69 bits per heavy atom. The maximum Gasteiger partial charge on any atom is 0.291 e. The summed E-state index contributed by atoms with van der Waals surface area (Å²) in [5.74, 6) is 0.0655. The zero-order chi connectivity index (χ0) is 20.9. The SMILES string of the molecule is CC(C)(C)c1ccc(NC(=O)COc2cccc(NC(=O)c3ccco3)c2)cc1. The lowest BCUT2D eigenvalue weighted by Crippen LogP contribution is -2.20. The number of hydrogen-bond acceptors (Lipinski definition) is 4. The van der Waals surface area contributed by atoms with Crippen molar-refractivity contribution >= 4 is 23.2 Å². The maximum atomic E-state index is 12.2. The van der Waals surface area contributed by atoms with Gasteiger partial charge in [0.1, 0.15) is 5.75 Å². The minimum Gasteiger partial charge on any atom is -0.484 e. The summed E-state index contributed by atoms with van der Waals surface area (Å²) in [7, 11) is 0. The van der Waals surface area contributed by atoms with E-state index in [1.165, 1.54) is 11.8 Å². The van der Waals surface area contributed by atoms with E-state index in [1.54, 1.807) is 36.4 Å². The van der Waals surface area contributed by atoms with E-state index < -0.39 is 0 Å². The summed E-state index contributed by atoms with van der Waals surface area (Å²) in [6.45, 7) is 6.27. The minimum absolute atomic E-state index is 0.0586. The Hall–Kier alpha value is -3.54. The van der Waals surface area contributed by atoms with Gasteiger partial charge in [0.2, 0.25) is 0 Å². The van der Waals surface area contributed by atoms with Gasteiger partial charge in [-0.05, 0) is 47.4 Å². The molecule has 0 unspecified atom stereocenters. The van der Waals surface area contributed by atoms with Gasteiger partial charge in [-0.25, -0.2) is 0 Å². The van der Waals surface area contributed by atoms with Crippen LogP contribution in [0.25, 0.3) is 0 Å². The Kier molecular flexibility index (Phi) is 6.02. The van der Waals surface area contributed by atoms with Crippen molar-refractivity contribution in [1.82, 2.24) is 0 Å². The molecule has 0 aliphatic heterocycles. The van der Waals surface area contributed by atoms with Crippen LogP contribution in [0.15, 0.2) is 71.3 Å². The summed E-state index contributed by atoms with van der Waals surface area (Å²) in [6.07, 6.45) is 1.43. The van der Waals surface area contributed by atoms with Gasteiger partial charge in [-0.1, -0.05) is 39.0 Å². The molecule has 6 nitrogen and oxygen atoms in total. The highest BCUT2D eigenvalue weighted by atomic mass is 16.5. The zero-order valence-electron chi connectivity index (χ0n) is 16.7. The van der Waals surface area contributed by atoms with Crippen LogP contribution in [-0.4, -0.2) is 18.4 Å². The van der Waals surface area contributed by atoms with Crippen molar-refractivity contribution in [3.05, 3.63) is 78.3 Å². The van der Waals surface area contributed by atoms with E-state index in [0.29, 0.717) is 17.1 Å². The van der Waals surface area contributed by atoms with Crippen LogP contribution in [0.1, 0.15) is 36.9 Å². The zero-order valence-corrected chi connectivity index (χ0v) is 16.7. The maximum absolute atomic E-state index is 12.2. The highest BCUT2D eigenvalue weighted by Gasteiger charge is 2.13. The molecule has 29 heavy (non-hydrogen) atoms. The molecule has 150 valence electrons. The molecule has 0 saturated carbocycles. The summed E-state index contributed by atoms with van der Waals surface area (Å²) in [5.41, 5.74) is 2.51. The molecule has 2 amide bonds. The first-order valence-corrected chi connectivity index (χ1v) is 9.29. The van der Waals surface area contributed by atoms with Crippen molar-refractivity contribution in [2.75, 3.05) is 17.2 Å². The number of furan rings is 1. The van der Waals surface area contributed by atoms with Gasteiger partial charge in [-0.3, -0.25) is 9.59 Å². The van der Waals surface area contributed by atoms with Gasteiger partial charge in [0.15, 0.2) is 12.4 Å². The number of nitrogens with one attached hydrogen (secondary N) is 2. The molecule has 0 saturated heterocycles. The molecule has 2 N–H and O–H groups in total. The van der Waals surface area contributed by atoms with Crippen LogP contribution in [0, 0.1) is 0 Å². The number of ether oxygens (including phenoxy) is 1.